The molecule has 1 aliphatic carbocycles. The lowest BCUT2D eigenvalue weighted by molar-refractivity contribution is 0.138. The molecule has 1 aromatic heterocycles. The van der Waals surface area contributed by atoms with Gasteiger partial charge < -0.3 is 19.9 Å². The van der Waals surface area contributed by atoms with Gasteiger partial charge in [-0.05, 0) is 44.1 Å². The molecule has 1 atom stereocenters. The molecule has 3 rings (SSSR count). The molecule has 0 saturated heterocycles. The molecule has 0 aliphatic heterocycles. The van der Waals surface area contributed by atoms with Gasteiger partial charge in [0.15, 0.2) is 11.8 Å². The van der Waals surface area contributed by atoms with Crippen LogP contribution in [-0.2, 0) is 18.3 Å². The summed E-state index contributed by atoms with van der Waals surface area (Å²) in [6.07, 6.45) is 6.16. The van der Waals surface area contributed by atoms with Crippen molar-refractivity contribution in [2.45, 2.75) is 58.5 Å². The molecule has 0 radical (unpaired) electrons. The van der Waals surface area contributed by atoms with Gasteiger partial charge in [-0.3, -0.25) is 0 Å². The van der Waals surface area contributed by atoms with E-state index in [1.807, 2.05) is 24.6 Å². The van der Waals surface area contributed by atoms with Gasteiger partial charge in [-0.1, -0.05) is 43.2 Å². The van der Waals surface area contributed by atoms with Crippen molar-refractivity contribution >= 4 is 29.9 Å². The molecule has 0 amide bonds. The van der Waals surface area contributed by atoms with Gasteiger partial charge in [0.1, 0.15) is 12.4 Å². The lowest BCUT2D eigenvalue weighted by atomic mass is 9.83. The van der Waals surface area contributed by atoms with E-state index in [-0.39, 0.29) is 35.4 Å². The van der Waals surface area contributed by atoms with Gasteiger partial charge in [-0.15, -0.1) is 34.2 Å². The Hall–Kier alpha value is -1.68. The van der Waals surface area contributed by atoms with Crippen molar-refractivity contribution in [3.8, 4) is 0 Å². The molecule has 1 heterocycles. The number of aliphatic imine (C=N–C) groups is 1. The zero-order valence-corrected chi connectivity index (χ0v) is 21.6. The molecular formula is C23H37IN6O. The molecule has 2 N–H and O–H groups in total. The number of nitrogens with zero attached hydrogens (tertiary/aromatic N) is 4. The van der Waals surface area contributed by atoms with Crippen LogP contribution in [0.4, 0.5) is 0 Å². The third kappa shape index (κ3) is 7.17. The van der Waals surface area contributed by atoms with Gasteiger partial charge in [0, 0.05) is 27.3 Å². The Morgan fingerprint density at radius 3 is 2.55 bits per heavy atom. The summed E-state index contributed by atoms with van der Waals surface area (Å²) in [6, 6.07) is 10.6. The van der Waals surface area contributed by atoms with E-state index in [2.05, 4.69) is 52.0 Å². The molecule has 8 heteroatoms. The maximum atomic E-state index is 5.39. The standard InChI is InChI=1S/C23H36N6O.HI/c1-18(20-10-6-5-7-11-20)26-22(24-16-21-28-27-19(2)29(21)3)25-17-23(14-15-30-4)12-8-9-13-23;/h5-7,10-11,18H,8-9,12-17H2,1-4H3,(H2,24,25,26);1H. The summed E-state index contributed by atoms with van der Waals surface area (Å²) in [6.45, 7) is 6.31. The number of nitrogens with one attached hydrogen (secondary N) is 2. The Morgan fingerprint density at radius 1 is 1.23 bits per heavy atom. The molecule has 1 fully saturated rings. The highest BCUT2D eigenvalue weighted by molar-refractivity contribution is 14.0. The van der Waals surface area contributed by atoms with Gasteiger partial charge in [0.2, 0.25) is 0 Å². The fourth-order valence-corrected chi connectivity index (χ4v) is 4.15. The third-order valence-corrected chi connectivity index (χ3v) is 6.35. The molecule has 0 bridgehead atoms. The number of ether oxygens (including phenoxy) is 1. The number of hydrogen-bond acceptors (Lipinski definition) is 4. The minimum Gasteiger partial charge on any atom is -0.385 e. The molecule has 172 valence electrons. The van der Waals surface area contributed by atoms with Gasteiger partial charge in [0.25, 0.3) is 0 Å². The first-order valence-corrected chi connectivity index (χ1v) is 11.0. The summed E-state index contributed by atoms with van der Waals surface area (Å²) in [4.78, 5) is 4.85. The summed E-state index contributed by atoms with van der Waals surface area (Å²) < 4.78 is 7.37. The second kappa shape index (κ2) is 12.4. The van der Waals surface area contributed by atoms with E-state index in [1.54, 1.807) is 7.11 Å². The average molecular weight is 540 g/mol. The van der Waals surface area contributed by atoms with Crippen LogP contribution in [0.25, 0.3) is 0 Å². The quantitative estimate of drug-likeness (QED) is 0.284. The van der Waals surface area contributed by atoms with Gasteiger partial charge >= 0.3 is 0 Å². The van der Waals surface area contributed by atoms with Crippen molar-refractivity contribution in [3.05, 3.63) is 47.5 Å². The van der Waals surface area contributed by atoms with E-state index in [1.165, 1.54) is 31.2 Å². The molecular weight excluding hydrogens is 503 g/mol. The van der Waals surface area contributed by atoms with Crippen LogP contribution in [0.5, 0.6) is 0 Å². The van der Waals surface area contributed by atoms with Gasteiger partial charge in [0.05, 0.1) is 6.04 Å². The maximum absolute atomic E-state index is 5.39. The van der Waals surface area contributed by atoms with Crippen molar-refractivity contribution in [1.29, 1.82) is 0 Å². The lowest BCUT2D eigenvalue weighted by Gasteiger charge is -2.30. The van der Waals surface area contributed by atoms with E-state index >= 15 is 0 Å². The first-order valence-electron chi connectivity index (χ1n) is 11.0. The van der Waals surface area contributed by atoms with Crippen LogP contribution >= 0.6 is 24.0 Å². The van der Waals surface area contributed by atoms with E-state index in [4.69, 9.17) is 9.73 Å². The second-order valence-corrected chi connectivity index (χ2v) is 8.47. The van der Waals surface area contributed by atoms with Crippen molar-refractivity contribution in [2.24, 2.45) is 17.5 Å². The SMILES string of the molecule is COCCC1(CNC(=NCc2nnc(C)n2C)NC(C)c2ccccc2)CCCC1.I. The Morgan fingerprint density at radius 2 is 1.94 bits per heavy atom. The monoisotopic (exact) mass is 540 g/mol. The third-order valence-electron chi connectivity index (χ3n) is 6.35. The van der Waals surface area contributed by atoms with Crippen molar-refractivity contribution in [3.63, 3.8) is 0 Å². The Balaban J connectivity index is 0.00000341. The number of aromatic nitrogens is 3. The number of benzene rings is 1. The minimum atomic E-state index is 0. The summed E-state index contributed by atoms with van der Waals surface area (Å²) in [5, 5.41) is 15.6. The molecule has 1 unspecified atom stereocenters. The molecule has 1 aliphatic rings. The van der Waals surface area contributed by atoms with Crippen LogP contribution in [0.15, 0.2) is 35.3 Å². The molecule has 0 spiro atoms. The summed E-state index contributed by atoms with van der Waals surface area (Å²) in [5.74, 6) is 2.57. The minimum absolute atomic E-state index is 0. The van der Waals surface area contributed by atoms with Crippen LogP contribution in [0.1, 0.15) is 62.3 Å². The fourth-order valence-electron chi connectivity index (χ4n) is 4.15. The van der Waals surface area contributed by atoms with Crippen molar-refractivity contribution in [1.82, 2.24) is 25.4 Å². The Kier molecular flexibility index (Phi) is 10.2. The van der Waals surface area contributed by atoms with Crippen LogP contribution in [0.3, 0.4) is 0 Å². The zero-order chi connectivity index (χ0) is 21.4. The Bertz CT molecular complexity index is 817. The lowest BCUT2D eigenvalue weighted by Crippen LogP contribution is -2.44. The molecule has 1 aromatic carbocycles. The topological polar surface area (TPSA) is 76.4 Å². The van der Waals surface area contributed by atoms with Crippen molar-refractivity contribution < 1.29 is 4.74 Å². The number of hydrogen-bond donors (Lipinski definition) is 2. The number of methoxy groups -OCH3 is 1. The molecule has 1 saturated carbocycles. The molecule has 7 nitrogen and oxygen atoms in total. The highest BCUT2D eigenvalue weighted by Gasteiger charge is 2.33. The van der Waals surface area contributed by atoms with Gasteiger partial charge in [-0.2, -0.15) is 0 Å². The van der Waals surface area contributed by atoms with E-state index in [9.17, 15) is 0 Å². The van der Waals surface area contributed by atoms with Crippen LogP contribution in [0, 0.1) is 12.3 Å². The summed E-state index contributed by atoms with van der Waals surface area (Å²) in [5.41, 5.74) is 1.52. The number of guanidine groups is 1. The van der Waals surface area contributed by atoms with E-state index in [0.29, 0.717) is 6.54 Å². The maximum Gasteiger partial charge on any atom is 0.192 e. The van der Waals surface area contributed by atoms with Gasteiger partial charge in [-0.25, -0.2) is 4.99 Å². The highest BCUT2D eigenvalue weighted by atomic mass is 127. The second-order valence-electron chi connectivity index (χ2n) is 8.47. The Labute approximate surface area is 203 Å². The molecule has 2 aromatic rings. The zero-order valence-electron chi connectivity index (χ0n) is 19.2. The van der Waals surface area contributed by atoms with Crippen LogP contribution < -0.4 is 10.6 Å². The largest absolute Gasteiger partial charge is 0.385 e. The number of rotatable bonds is 9. The number of halogens is 1. The van der Waals surface area contributed by atoms with Crippen molar-refractivity contribution in [2.75, 3.05) is 20.3 Å². The number of aryl methyl sites for hydroxylation is 1. The van der Waals surface area contributed by atoms with Crippen LogP contribution in [0.2, 0.25) is 0 Å². The summed E-state index contributed by atoms with van der Waals surface area (Å²) >= 11 is 0. The van der Waals surface area contributed by atoms with E-state index in [0.717, 1.165) is 37.2 Å². The highest BCUT2D eigenvalue weighted by Crippen LogP contribution is 2.40. The molecule has 31 heavy (non-hydrogen) atoms. The first kappa shape index (κ1) is 25.6. The van der Waals surface area contributed by atoms with E-state index < -0.39 is 0 Å². The predicted octanol–water partition coefficient (Wildman–Crippen LogP) is 4.13. The predicted molar refractivity (Wildman–Crippen MR) is 136 cm³/mol. The average Bonchev–Trinajstić information content (AvgIpc) is 3.37. The normalized spacial score (nSPS) is 16.6. The smallest absolute Gasteiger partial charge is 0.192 e. The van der Waals surface area contributed by atoms with Crippen LogP contribution in [-0.4, -0.2) is 41.0 Å². The first-order chi connectivity index (χ1) is 14.5. The summed E-state index contributed by atoms with van der Waals surface area (Å²) in [7, 11) is 3.76. The fraction of sp³-hybridized carbons (Fsp3) is 0.609.